The lowest BCUT2D eigenvalue weighted by molar-refractivity contribution is -0.142. The van der Waals surface area contributed by atoms with Crippen LogP contribution in [-0.2, 0) is 9.53 Å². The van der Waals surface area contributed by atoms with Gasteiger partial charge < -0.3 is 15.2 Å². The molecule has 0 aliphatic carbocycles. The molecule has 0 amide bonds. The average Bonchev–Trinajstić information content (AvgIpc) is 2.25. The molecule has 17 heavy (non-hydrogen) atoms. The summed E-state index contributed by atoms with van der Waals surface area (Å²) >= 11 is 0. The van der Waals surface area contributed by atoms with Gasteiger partial charge in [0, 0.05) is 37.8 Å². The van der Waals surface area contributed by atoms with Crippen molar-refractivity contribution in [3.63, 3.8) is 0 Å². The SMILES string of the molecule is C=C(C)C(=O)OCC(O)CN1CCNC(C)C1. The molecule has 2 atom stereocenters. The smallest absolute Gasteiger partial charge is 0.333 e. The second-order valence-electron chi connectivity index (χ2n) is 4.65. The third-order valence-electron chi connectivity index (χ3n) is 2.68. The first kappa shape index (κ1) is 14.2. The van der Waals surface area contributed by atoms with Crippen LogP contribution in [0.2, 0.25) is 0 Å². The van der Waals surface area contributed by atoms with Crippen molar-refractivity contribution in [1.29, 1.82) is 0 Å². The van der Waals surface area contributed by atoms with Crippen molar-refractivity contribution in [2.75, 3.05) is 32.8 Å². The Bertz CT molecular complexity index is 281. The highest BCUT2D eigenvalue weighted by atomic mass is 16.5. The van der Waals surface area contributed by atoms with Gasteiger partial charge in [-0.3, -0.25) is 4.90 Å². The number of β-amino-alcohol motifs (C(OH)–C–C–N with tert-alkyl or cyclic N) is 1. The lowest BCUT2D eigenvalue weighted by Gasteiger charge is -2.32. The Morgan fingerprint density at radius 1 is 1.71 bits per heavy atom. The summed E-state index contributed by atoms with van der Waals surface area (Å²) in [7, 11) is 0. The molecule has 0 aromatic carbocycles. The number of ether oxygens (including phenoxy) is 1. The van der Waals surface area contributed by atoms with Crippen LogP contribution in [0.5, 0.6) is 0 Å². The number of nitrogens with one attached hydrogen (secondary N) is 1. The highest BCUT2D eigenvalue weighted by Crippen LogP contribution is 2.01. The van der Waals surface area contributed by atoms with Crippen molar-refractivity contribution in [3.8, 4) is 0 Å². The van der Waals surface area contributed by atoms with Gasteiger partial charge in [0.05, 0.1) is 0 Å². The Balaban J connectivity index is 2.22. The van der Waals surface area contributed by atoms with Gasteiger partial charge in [-0.15, -0.1) is 0 Å². The van der Waals surface area contributed by atoms with Gasteiger partial charge in [-0.1, -0.05) is 6.58 Å². The highest BCUT2D eigenvalue weighted by molar-refractivity contribution is 5.86. The predicted molar refractivity (Wildman–Crippen MR) is 65.7 cm³/mol. The normalized spacial score (nSPS) is 23.1. The van der Waals surface area contributed by atoms with Crippen LogP contribution in [0.25, 0.3) is 0 Å². The number of aliphatic hydroxyl groups is 1. The summed E-state index contributed by atoms with van der Waals surface area (Å²) in [4.78, 5) is 13.3. The quantitative estimate of drug-likeness (QED) is 0.515. The molecule has 2 unspecified atom stereocenters. The van der Waals surface area contributed by atoms with Crippen molar-refractivity contribution < 1.29 is 14.6 Å². The molecule has 2 N–H and O–H groups in total. The fourth-order valence-corrected chi connectivity index (χ4v) is 1.82. The van der Waals surface area contributed by atoms with Gasteiger partial charge in [-0.05, 0) is 13.8 Å². The fourth-order valence-electron chi connectivity index (χ4n) is 1.82. The molecule has 1 aliphatic rings. The zero-order valence-corrected chi connectivity index (χ0v) is 10.6. The molecule has 0 radical (unpaired) electrons. The average molecular weight is 242 g/mol. The van der Waals surface area contributed by atoms with Gasteiger partial charge in [0.15, 0.2) is 0 Å². The van der Waals surface area contributed by atoms with E-state index in [-0.39, 0.29) is 6.61 Å². The van der Waals surface area contributed by atoms with E-state index in [0.29, 0.717) is 18.2 Å². The number of piperazine rings is 1. The molecule has 1 heterocycles. The van der Waals surface area contributed by atoms with Gasteiger partial charge in [0.2, 0.25) is 0 Å². The largest absolute Gasteiger partial charge is 0.460 e. The third-order valence-corrected chi connectivity index (χ3v) is 2.68. The first-order valence-electron chi connectivity index (χ1n) is 5.95. The van der Waals surface area contributed by atoms with E-state index >= 15 is 0 Å². The molecule has 0 aromatic rings. The Kier molecular flexibility index (Phi) is 5.61. The van der Waals surface area contributed by atoms with E-state index in [9.17, 15) is 9.90 Å². The minimum atomic E-state index is -0.636. The predicted octanol–water partition coefficient (Wildman–Crippen LogP) is -0.240. The molecule has 5 heteroatoms. The fraction of sp³-hybridized carbons (Fsp3) is 0.750. The molecule has 0 bridgehead atoms. The molecular formula is C12H22N2O3. The molecule has 5 nitrogen and oxygen atoms in total. The van der Waals surface area contributed by atoms with Crippen LogP contribution in [0, 0.1) is 0 Å². The summed E-state index contributed by atoms with van der Waals surface area (Å²) < 4.78 is 4.90. The number of hydrogen-bond acceptors (Lipinski definition) is 5. The zero-order chi connectivity index (χ0) is 12.8. The second-order valence-corrected chi connectivity index (χ2v) is 4.65. The first-order valence-corrected chi connectivity index (χ1v) is 5.95. The Morgan fingerprint density at radius 2 is 2.41 bits per heavy atom. The van der Waals surface area contributed by atoms with E-state index in [0.717, 1.165) is 19.6 Å². The molecule has 98 valence electrons. The molecular weight excluding hydrogens is 220 g/mol. The number of esters is 1. The van der Waals surface area contributed by atoms with Gasteiger partial charge in [-0.2, -0.15) is 0 Å². The van der Waals surface area contributed by atoms with Gasteiger partial charge in [0.1, 0.15) is 12.7 Å². The number of carbonyl (C=O) groups excluding carboxylic acids is 1. The van der Waals surface area contributed by atoms with Crippen LogP contribution < -0.4 is 5.32 Å². The van der Waals surface area contributed by atoms with Gasteiger partial charge in [0.25, 0.3) is 0 Å². The Morgan fingerprint density at radius 3 is 3.00 bits per heavy atom. The van der Waals surface area contributed by atoms with Crippen molar-refractivity contribution in [3.05, 3.63) is 12.2 Å². The Hall–Kier alpha value is -0.910. The molecule has 1 rings (SSSR count). The minimum absolute atomic E-state index is 0.0317. The number of hydrogen-bond donors (Lipinski definition) is 2. The summed E-state index contributed by atoms with van der Waals surface area (Å²) in [6.07, 6.45) is -0.636. The van der Waals surface area contributed by atoms with Crippen molar-refractivity contribution in [1.82, 2.24) is 10.2 Å². The minimum Gasteiger partial charge on any atom is -0.460 e. The maximum atomic E-state index is 11.1. The van der Waals surface area contributed by atoms with Crippen LogP contribution in [-0.4, -0.2) is 60.9 Å². The van der Waals surface area contributed by atoms with E-state index in [1.165, 1.54) is 0 Å². The lowest BCUT2D eigenvalue weighted by Crippen LogP contribution is -2.51. The summed E-state index contributed by atoms with van der Waals surface area (Å²) in [5.74, 6) is -0.447. The first-order chi connectivity index (χ1) is 7.99. The maximum Gasteiger partial charge on any atom is 0.333 e. The van der Waals surface area contributed by atoms with E-state index in [1.54, 1.807) is 6.92 Å². The Labute approximate surface area is 102 Å². The number of aliphatic hydroxyl groups excluding tert-OH is 1. The van der Waals surface area contributed by atoms with Gasteiger partial charge in [-0.25, -0.2) is 4.79 Å². The van der Waals surface area contributed by atoms with E-state index in [4.69, 9.17) is 4.74 Å². The van der Waals surface area contributed by atoms with Crippen molar-refractivity contribution >= 4 is 5.97 Å². The van der Waals surface area contributed by atoms with Crippen LogP contribution in [0.1, 0.15) is 13.8 Å². The summed E-state index contributed by atoms with van der Waals surface area (Å²) in [5.41, 5.74) is 0.355. The molecule has 0 aromatic heterocycles. The number of carbonyl (C=O) groups is 1. The standard InChI is InChI=1S/C12H22N2O3/c1-9(2)12(16)17-8-11(15)7-14-5-4-13-10(3)6-14/h10-11,13,15H,1,4-8H2,2-3H3. The van der Waals surface area contributed by atoms with Gasteiger partial charge >= 0.3 is 5.97 Å². The molecule has 1 fully saturated rings. The van der Waals surface area contributed by atoms with Crippen LogP contribution in [0.4, 0.5) is 0 Å². The topological polar surface area (TPSA) is 61.8 Å². The summed E-state index contributed by atoms with van der Waals surface area (Å²) in [6.45, 7) is 10.5. The van der Waals surface area contributed by atoms with Crippen LogP contribution >= 0.6 is 0 Å². The van der Waals surface area contributed by atoms with E-state index in [2.05, 4.69) is 23.7 Å². The highest BCUT2D eigenvalue weighted by Gasteiger charge is 2.19. The molecule has 1 aliphatic heterocycles. The van der Waals surface area contributed by atoms with Crippen LogP contribution in [0.3, 0.4) is 0 Å². The molecule has 0 saturated carbocycles. The number of rotatable bonds is 5. The molecule has 1 saturated heterocycles. The van der Waals surface area contributed by atoms with Crippen LogP contribution in [0.15, 0.2) is 12.2 Å². The number of nitrogens with zero attached hydrogens (tertiary/aromatic N) is 1. The maximum absolute atomic E-state index is 11.1. The van der Waals surface area contributed by atoms with E-state index in [1.807, 2.05) is 0 Å². The summed E-state index contributed by atoms with van der Waals surface area (Å²) in [6, 6.07) is 0.439. The monoisotopic (exact) mass is 242 g/mol. The third kappa shape index (κ3) is 5.30. The zero-order valence-electron chi connectivity index (χ0n) is 10.6. The van der Waals surface area contributed by atoms with Crippen molar-refractivity contribution in [2.45, 2.75) is 26.0 Å². The second kappa shape index (κ2) is 6.74. The molecule has 0 spiro atoms. The lowest BCUT2D eigenvalue weighted by atomic mass is 10.2. The summed E-state index contributed by atoms with van der Waals surface area (Å²) in [5, 5.41) is 13.1. The van der Waals surface area contributed by atoms with Crippen molar-refractivity contribution in [2.24, 2.45) is 0 Å². The van der Waals surface area contributed by atoms with E-state index < -0.39 is 12.1 Å².